The summed E-state index contributed by atoms with van der Waals surface area (Å²) in [5.74, 6) is 0.559. The van der Waals surface area contributed by atoms with E-state index in [9.17, 15) is 10.4 Å². The first-order valence-electron chi connectivity index (χ1n) is 6.76. The zero-order chi connectivity index (χ0) is 14.8. The van der Waals surface area contributed by atoms with Crippen molar-refractivity contribution in [1.29, 1.82) is 5.26 Å². The van der Waals surface area contributed by atoms with E-state index < -0.39 is 0 Å². The minimum absolute atomic E-state index is 0.168. The Balaban J connectivity index is 2.13. The van der Waals surface area contributed by atoms with E-state index in [1.165, 1.54) is 0 Å². The molecular formula is C16H15N3O2. The van der Waals surface area contributed by atoms with Gasteiger partial charge in [0.15, 0.2) is 0 Å². The average Bonchev–Trinajstić information content (AvgIpc) is 3.00. The summed E-state index contributed by atoms with van der Waals surface area (Å²) >= 11 is 0. The van der Waals surface area contributed by atoms with Crippen LogP contribution >= 0.6 is 0 Å². The van der Waals surface area contributed by atoms with Crippen LogP contribution < -0.4 is 5.73 Å². The van der Waals surface area contributed by atoms with Crippen LogP contribution in [-0.2, 0) is 4.74 Å². The van der Waals surface area contributed by atoms with Crippen LogP contribution in [0.15, 0.2) is 30.3 Å². The highest BCUT2D eigenvalue weighted by atomic mass is 16.5. The summed E-state index contributed by atoms with van der Waals surface area (Å²) in [4.78, 5) is 4.29. The van der Waals surface area contributed by atoms with Crippen LogP contribution in [0.1, 0.15) is 23.5 Å². The van der Waals surface area contributed by atoms with E-state index in [0.717, 1.165) is 17.5 Å². The minimum Gasteiger partial charge on any atom is -0.508 e. The molecule has 0 saturated carbocycles. The van der Waals surface area contributed by atoms with Crippen molar-refractivity contribution in [1.82, 2.24) is 4.98 Å². The molecule has 5 nitrogen and oxygen atoms in total. The third-order valence-electron chi connectivity index (χ3n) is 3.70. The standard InChI is InChI=1S/C16H15N3O2/c17-8-14-13(11-4-5-21-9-11)7-15(19-16(14)18)10-2-1-3-12(20)6-10/h1-3,6-7,11,20H,4-5,9H2,(H2,18,19)/t11-/m1/s1. The SMILES string of the molecule is N#Cc1c([C@@H]2CCOC2)cc(-c2cccc(O)c2)nc1N. The monoisotopic (exact) mass is 281 g/mol. The van der Waals surface area contributed by atoms with E-state index >= 15 is 0 Å². The van der Waals surface area contributed by atoms with Crippen molar-refractivity contribution in [3.8, 4) is 23.1 Å². The Labute approximate surface area is 122 Å². The fourth-order valence-electron chi connectivity index (χ4n) is 2.62. The molecule has 1 saturated heterocycles. The molecule has 106 valence electrons. The molecule has 0 bridgehead atoms. The maximum Gasteiger partial charge on any atom is 0.142 e. The molecule has 1 fully saturated rings. The van der Waals surface area contributed by atoms with Gasteiger partial charge in [-0.1, -0.05) is 12.1 Å². The Morgan fingerprint density at radius 3 is 2.90 bits per heavy atom. The van der Waals surface area contributed by atoms with Crippen LogP contribution in [0, 0.1) is 11.3 Å². The summed E-state index contributed by atoms with van der Waals surface area (Å²) in [5.41, 5.74) is 8.67. The van der Waals surface area contributed by atoms with Gasteiger partial charge >= 0.3 is 0 Å². The molecule has 0 aliphatic carbocycles. The number of benzene rings is 1. The minimum atomic E-state index is 0.168. The fraction of sp³-hybridized carbons (Fsp3) is 0.250. The van der Waals surface area contributed by atoms with Crippen molar-refractivity contribution < 1.29 is 9.84 Å². The Hall–Kier alpha value is -2.58. The third-order valence-corrected chi connectivity index (χ3v) is 3.70. The summed E-state index contributed by atoms with van der Waals surface area (Å²) in [6, 6.07) is 10.8. The van der Waals surface area contributed by atoms with E-state index in [2.05, 4.69) is 11.1 Å². The lowest BCUT2D eigenvalue weighted by atomic mass is 9.93. The number of anilines is 1. The number of aromatic hydroxyl groups is 1. The molecule has 0 radical (unpaired) electrons. The molecule has 2 aromatic rings. The number of nitrogens with two attached hydrogens (primary N) is 1. The fourth-order valence-corrected chi connectivity index (χ4v) is 2.62. The van der Waals surface area contributed by atoms with Gasteiger partial charge in [-0.25, -0.2) is 4.98 Å². The molecule has 1 aromatic heterocycles. The molecule has 21 heavy (non-hydrogen) atoms. The highest BCUT2D eigenvalue weighted by Crippen LogP contribution is 2.33. The first-order valence-corrected chi connectivity index (χ1v) is 6.76. The maximum atomic E-state index is 9.59. The van der Waals surface area contributed by atoms with Gasteiger partial charge in [0.1, 0.15) is 17.6 Å². The lowest BCUT2D eigenvalue weighted by molar-refractivity contribution is 0.194. The Bertz CT molecular complexity index is 716. The Morgan fingerprint density at radius 2 is 2.24 bits per heavy atom. The molecule has 1 aromatic carbocycles. The van der Waals surface area contributed by atoms with Crippen LogP contribution in [0.5, 0.6) is 5.75 Å². The van der Waals surface area contributed by atoms with E-state index in [1.807, 2.05) is 12.1 Å². The van der Waals surface area contributed by atoms with Gasteiger partial charge in [0.05, 0.1) is 17.9 Å². The molecule has 0 spiro atoms. The number of phenols is 1. The van der Waals surface area contributed by atoms with E-state index in [1.54, 1.807) is 18.2 Å². The number of rotatable bonds is 2. The molecule has 0 unspecified atom stereocenters. The summed E-state index contributed by atoms with van der Waals surface area (Å²) in [6.07, 6.45) is 0.873. The molecule has 1 aliphatic rings. The van der Waals surface area contributed by atoms with Gasteiger partial charge in [-0.2, -0.15) is 5.26 Å². The second kappa shape index (κ2) is 5.43. The summed E-state index contributed by atoms with van der Waals surface area (Å²) < 4.78 is 5.40. The second-order valence-electron chi connectivity index (χ2n) is 5.08. The van der Waals surface area contributed by atoms with E-state index in [-0.39, 0.29) is 17.5 Å². The molecule has 1 aliphatic heterocycles. The van der Waals surface area contributed by atoms with Gasteiger partial charge < -0.3 is 15.6 Å². The van der Waals surface area contributed by atoms with Crippen molar-refractivity contribution in [2.45, 2.75) is 12.3 Å². The largest absolute Gasteiger partial charge is 0.508 e. The topological polar surface area (TPSA) is 92.2 Å². The number of hydrogen-bond acceptors (Lipinski definition) is 5. The van der Waals surface area contributed by atoms with Crippen LogP contribution in [-0.4, -0.2) is 23.3 Å². The molecule has 3 N–H and O–H groups in total. The maximum absolute atomic E-state index is 9.59. The highest BCUT2D eigenvalue weighted by molar-refractivity contribution is 5.67. The third kappa shape index (κ3) is 2.54. The van der Waals surface area contributed by atoms with Crippen LogP contribution in [0.25, 0.3) is 11.3 Å². The number of ether oxygens (including phenoxy) is 1. The smallest absolute Gasteiger partial charge is 0.142 e. The number of nitriles is 1. The highest BCUT2D eigenvalue weighted by Gasteiger charge is 2.23. The van der Waals surface area contributed by atoms with Crippen LogP contribution in [0.2, 0.25) is 0 Å². The quantitative estimate of drug-likeness (QED) is 0.881. The molecule has 3 rings (SSSR count). The van der Waals surface area contributed by atoms with Gasteiger partial charge in [0.25, 0.3) is 0 Å². The van der Waals surface area contributed by atoms with Crippen molar-refractivity contribution in [2.24, 2.45) is 0 Å². The number of hydrogen-bond donors (Lipinski definition) is 2. The van der Waals surface area contributed by atoms with Crippen molar-refractivity contribution >= 4 is 5.82 Å². The summed E-state index contributed by atoms with van der Waals surface area (Å²) in [5, 5.41) is 18.9. The molecule has 0 amide bonds. The van der Waals surface area contributed by atoms with Crippen LogP contribution in [0.3, 0.4) is 0 Å². The van der Waals surface area contributed by atoms with Crippen LogP contribution in [0.4, 0.5) is 5.82 Å². The Morgan fingerprint density at radius 1 is 1.38 bits per heavy atom. The molecule has 2 heterocycles. The average molecular weight is 281 g/mol. The summed E-state index contributed by atoms with van der Waals surface area (Å²) in [7, 11) is 0. The molecular weight excluding hydrogens is 266 g/mol. The second-order valence-corrected chi connectivity index (χ2v) is 5.08. The van der Waals surface area contributed by atoms with Crippen molar-refractivity contribution in [3.63, 3.8) is 0 Å². The molecule has 5 heteroatoms. The Kier molecular flexibility index (Phi) is 3.46. The normalized spacial score (nSPS) is 17.6. The lowest BCUT2D eigenvalue weighted by Crippen LogP contribution is -2.06. The van der Waals surface area contributed by atoms with Gasteiger partial charge in [0, 0.05) is 18.1 Å². The predicted molar refractivity (Wildman–Crippen MR) is 78.6 cm³/mol. The summed E-state index contributed by atoms with van der Waals surface area (Å²) in [6.45, 7) is 1.29. The van der Waals surface area contributed by atoms with Crippen molar-refractivity contribution in [2.75, 3.05) is 18.9 Å². The van der Waals surface area contributed by atoms with Crippen molar-refractivity contribution in [3.05, 3.63) is 41.5 Å². The number of pyridine rings is 1. The number of phenolic OH excluding ortho intramolecular Hbond substituents is 1. The van der Waals surface area contributed by atoms with Gasteiger partial charge in [-0.15, -0.1) is 0 Å². The van der Waals surface area contributed by atoms with Gasteiger partial charge in [-0.3, -0.25) is 0 Å². The number of nitrogens with zero attached hydrogens (tertiary/aromatic N) is 2. The van der Waals surface area contributed by atoms with Gasteiger partial charge in [0.2, 0.25) is 0 Å². The first-order chi connectivity index (χ1) is 10.2. The lowest BCUT2D eigenvalue weighted by Gasteiger charge is -2.14. The number of aromatic nitrogens is 1. The zero-order valence-corrected chi connectivity index (χ0v) is 11.4. The van der Waals surface area contributed by atoms with Gasteiger partial charge in [-0.05, 0) is 30.2 Å². The first kappa shape index (κ1) is 13.4. The van der Waals surface area contributed by atoms with E-state index in [4.69, 9.17) is 10.5 Å². The molecule has 1 atom stereocenters. The zero-order valence-electron chi connectivity index (χ0n) is 11.4. The predicted octanol–water partition coefficient (Wildman–Crippen LogP) is 2.41. The van der Waals surface area contributed by atoms with E-state index in [0.29, 0.717) is 24.5 Å². The number of nitrogen functional groups attached to an aromatic ring is 1.